The van der Waals surface area contributed by atoms with Crippen LogP contribution < -0.4 is 10.6 Å². The third-order valence-corrected chi connectivity index (χ3v) is 3.99. The number of ether oxygens (including phenoxy) is 2. The second-order valence-electron chi connectivity index (χ2n) is 5.93. The molecule has 0 amide bonds. The van der Waals surface area contributed by atoms with Crippen molar-refractivity contribution in [1.29, 1.82) is 5.26 Å². The number of aliphatic imine (C=N–C) groups is 1. The minimum Gasteiger partial charge on any atom is -0.381 e. The van der Waals surface area contributed by atoms with Crippen LogP contribution in [0.15, 0.2) is 23.2 Å². The Bertz CT molecular complexity index is 610. The molecule has 2 rings (SSSR count). The average molecular weight is 348 g/mol. The minimum atomic E-state index is -0.397. The summed E-state index contributed by atoms with van der Waals surface area (Å²) < 4.78 is 24.8. The van der Waals surface area contributed by atoms with E-state index in [0.29, 0.717) is 36.2 Å². The summed E-state index contributed by atoms with van der Waals surface area (Å²) in [7, 11) is 1.67. The molecule has 7 heteroatoms. The van der Waals surface area contributed by atoms with Gasteiger partial charge in [-0.2, -0.15) is 5.26 Å². The van der Waals surface area contributed by atoms with E-state index in [2.05, 4.69) is 15.6 Å². The molecule has 25 heavy (non-hydrogen) atoms. The first-order valence-corrected chi connectivity index (χ1v) is 8.51. The highest BCUT2D eigenvalue weighted by molar-refractivity contribution is 5.79. The summed E-state index contributed by atoms with van der Waals surface area (Å²) in [5.74, 6) is 0.740. The lowest BCUT2D eigenvalue weighted by Gasteiger charge is -2.13. The standard InChI is InChI=1S/C18H25FN4O2/c1-21-18(22-6-2-7-24-12-15-5-8-25-13-15)23-11-16-4-3-14(10-20)9-17(16)19/h3-4,9,15H,2,5-8,11-13H2,1H3,(H2,21,22,23). The van der Waals surface area contributed by atoms with E-state index in [9.17, 15) is 4.39 Å². The molecule has 1 aromatic rings. The number of halogens is 1. The van der Waals surface area contributed by atoms with Crippen LogP contribution in [-0.4, -0.2) is 46.0 Å². The molecule has 0 bridgehead atoms. The summed E-state index contributed by atoms with van der Waals surface area (Å²) >= 11 is 0. The maximum absolute atomic E-state index is 13.8. The predicted octanol–water partition coefficient (Wildman–Crippen LogP) is 1.81. The summed E-state index contributed by atoms with van der Waals surface area (Å²) in [4.78, 5) is 4.11. The predicted molar refractivity (Wildman–Crippen MR) is 93.7 cm³/mol. The van der Waals surface area contributed by atoms with E-state index in [1.807, 2.05) is 6.07 Å². The van der Waals surface area contributed by atoms with Gasteiger partial charge in [0.15, 0.2) is 5.96 Å². The van der Waals surface area contributed by atoms with Gasteiger partial charge in [-0.1, -0.05) is 6.07 Å². The Morgan fingerprint density at radius 2 is 2.36 bits per heavy atom. The quantitative estimate of drug-likeness (QED) is 0.425. The van der Waals surface area contributed by atoms with Gasteiger partial charge in [0.1, 0.15) is 5.82 Å². The number of rotatable bonds is 8. The molecule has 1 aromatic carbocycles. The van der Waals surface area contributed by atoms with E-state index in [4.69, 9.17) is 14.7 Å². The second-order valence-corrected chi connectivity index (χ2v) is 5.93. The Kier molecular flexibility index (Phi) is 8.16. The molecule has 0 radical (unpaired) electrons. The lowest BCUT2D eigenvalue weighted by molar-refractivity contribution is 0.0888. The van der Waals surface area contributed by atoms with Crippen LogP contribution in [0, 0.1) is 23.1 Å². The van der Waals surface area contributed by atoms with E-state index >= 15 is 0 Å². The second kappa shape index (κ2) is 10.6. The van der Waals surface area contributed by atoms with Crippen LogP contribution >= 0.6 is 0 Å². The fraction of sp³-hybridized carbons (Fsp3) is 0.556. The van der Waals surface area contributed by atoms with Crippen molar-refractivity contribution in [3.8, 4) is 6.07 Å². The molecule has 0 aliphatic carbocycles. The lowest BCUT2D eigenvalue weighted by atomic mass is 10.1. The van der Waals surface area contributed by atoms with Gasteiger partial charge in [0.25, 0.3) is 0 Å². The van der Waals surface area contributed by atoms with Crippen molar-refractivity contribution < 1.29 is 13.9 Å². The van der Waals surface area contributed by atoms with E-state index in [-0.39, 0.29) is 0 Å². The molecule has 2 N–H and O–H groups in total. The van der Waals surface area contributed by atoms with Crippen molar-refractivity contribution in [1.82, 2.24) is 10.6 Å². The normalized spacial score (nSPS) is 17.3. The topological polar surface area (TPSA) is 78.7 Å². The third kappa shape index (κ3) is 6.69. The Balaban J connectivity index is 1.61. The molecule has 1 fully saturated rings. The van der Waals surface area contributed by atoms with Gasteiger partial charge in [-0.15, -0.1) is 0 Å². The van der Waals surface area contributed by atoms with Gasteiger partial charge >= 0.3 is 0 Å². The zero-order valence-corrected chi connectivity index (χ0v) is 14.6. The van der Waals surface area contributed by atoms with Crippen LogP contribution in [0.5, 0.6) is 0 Å². The van der Waals surface area contributed by atoms with Gasteiger partial charge in [-0.05, 0) is 25.0 Å². The highest BCUT2D eigenvalue weighted by atomic mass is 19.1. The lowest BCUT2D eigenvalue weighted by Crippen LogP contribution is -2.37. The highest BCUT2D eigenvalue weighted by Gasteiger charge is 2.15. The first-order valence-electron chi connectivity index (χ1n) is 8.51. The molecule has 0 saturated carbocycles. The SMILES string of the molecule is CN=C(NCCCOCC1CCOC1)NCc1ccc(C#N)cc1F. The van der Waals surface area contributed by atoms with Crippen molar-refractivity contribution in [2.45, 2.75) is 19.4 Å². The summed E-state index contributed by atoms with van der Waals surface area (Å²) in [5.41, 5.74) is 0.803. The summed E-state index contributed by atoms with van der Waals surface area (Å²) in [6, 6.07) is 6.36. The van der Waals surface area contributed by atoms with Crippen LogP contribution in [0.1, 0.15) is 24.0 Å². The molecular weight excluding hydrogens is 323 g/mol. The largest absolute Gasteiger partial charge is 0.381 e. The smallest absolute Gasteiger partial charge is 0.191 e. The Morgan fingerprint density at radius 3 is 3.04 bits per heavy atom. The average Bonchev–Trinajstić information content (AvgIpc) is 3.14. The van der Waals surface area contributed by atoms with Crippen LogP contribution in [0.4, 0.5) is 4.39 Å². The van der Waals surface area contributed by atoms with Gasteiger partial charge in [0, 0.05) is 44.8 Å². The first-order chi connectivity index (χ1) is 12.2. The minimum absolute atomic E-state index is 0.301. The van der Waals surface area contributed by atoms with Crippen molar-refractivity contribution in [2.75, 3.05) is 40.0 Å². The van der Waals surface area contributed by atoms with Crippen molar-refractivity contribution >= 4 is 5.96 Å². The Labute approximate surface area is 148 Å². The van der Waals surface area contributed by atoms with Crippen LogP contribution in [0.3, 0.4) is 0 Å². The summed E-state index contributed by atoms with van der Waals surface area (Å²) in [6.45, 7) is 4.11. The van der Waals surface area contributed by atoms with Crippen LogP contribution in [0.25, 0.3) is 0 Å². The molecule has 136 valence electrons. The number of guanidine groups is 1. The van der Waals surface area contributed by atoms with E-state index in [1.54, 1.807) is 19.2 Å². The molecule has 1 atom stereocenters. The van der Waals surface area contributed by atoms with Gasteiger partial charge < -0.3 is 20.1 Å². The monoisotopic (exact) mass is 348 g/mol. The first kappa shape index (κ1) is 19.2. The van der Waals surface area contributed by atoms with Crippen LogP contribution in [-0.2, 0) is 16.0 Å². The van der Waals surface area contributed by atoms with Gasteiger partial charge in [0.05, 0.1) is 24.8 Å². The molecule has 1 aliphatic rings. The van der Waals surface area contributed by atoms with E-state index < -0.39 is 5.82 Å². The van der Waals surface area contributed by atoms with Crippen molar-refractivity contribution in [3.63, 3.8) is 0 Å². The molecular formula is C18H25FN4O2. The number of benzene rings is 1. The Hall–Kier alpha value is -2.17. The molecule has 1 heterocycles. The molecule has 0 aromatic heterocycles. The maximum atomic E-state index is 13.8. The highest BCUT2D eigenvalue weighted by Crippen LogP contribution is 2.12. The van der Waals surface area contributed by atoms with Crippen molar-refractivity contribution in [3.05, 3.63) is 35.1 Å². The summed E-state index contributed by atoms with van der Waals surface area (Å²) in [5, 5.41) is 15.0. The van der Waals surface area contributed by atoms with Crippen molar-refractivity contribution in [2.24, 2.45) is 10.9 Å². The molecule has 1 unspecified atom stereocenters. The number of nitriles is 1. The maximum Gasteiger partial charge on any atom is 0.191 e. The molecule has 1 aliphatic heterocycles. The fourth-order valence-electron chi connectivity index (χ4n) is 2.51. The van der Waals surface area contributed by atoms with Gasteiger partial charge in [0.2, 0.25) is 0 Å². The molecule has 0 spiro atoms. The number of nitrogens with one attached hydrogen (secondary N) is 2. The Morgan fingerprint density at radius 1 is 1.48 bits per heavy atom. The number of hydrogen-bond acceptors (Lipinski definition) is 4. The number of hydrogen-bond donors (Lipinski definition) is 2. The van der Waals surface area contributed by atoms with Gasteiger partial charge in [-0.3, -0.25) is 4.99 Å². The van der Waals surface area contributed by atoms with Gasteiger partial charge in [-0.25, -0.2) is 4.39 Å². The molecule has 6 nitrogen and oxygen atoms in total. The van der Waals surface area contributed by atoms with E-state index in [1.165, 1.54) is 6.07 Å². The summed E-state index contributed by atoms with van der Waals surface area (Å²) in [6.07, 6.45) is 1.94. The zero-order chi connectivity index (χ0) is 17.9. The van der Waals surface area contributed by atoms with E-state index in [0.717, 1.165) is 39.2 Å². The number of nitrogens with zero attached hydrogens (tertiary/aromatic N) is 2. The third-order valence-electron chi connectivity index (χ3n) is 3.99. The molecule has 1 saturated heterocycles. The van der Waals surface area contributed by atoms with Crippen LogP contribution in [0.2, 0.25) is 0 Å². The fourth-order valence-corrected chi connectivity index (χ4v) is 2.51. The zero-order valence-electron chi connectivity index (χ0n) is 14.6.